The van der Waals surface area contributed by atoms with Crippen LogP contribution >= 0.6 is 11.6 Å². The van der Waals surface area contributed by atoms with E-state index in [0.717, 1.165) is 22.7 Å². The Labute approximate surface area is 234 Å². The molecule has 1 N–H and O–H groups in total. The van der Waals surface area contributed by atoms with E-state index in [4.69, 9.17) is 11.6 Å². The predicted octanol–water partition coefficient (Wildman–Crippen LogP) is 4.66. The van der Waals surface area contributed by atoms with Crippen LogP contribution in [0.3, 0.4) is 0 Å². The maximum absolute atomic E-state index is 13.8. The van der Waals surface area contributed by atoms with E-state index in [0.29, 0.717) is 17.1 Å². The summed E-state index contributed by atoms with van der Waals surface area (Å²) in [6.45, 7) is 1.95. The zero-order valence-electron chi connectivity index (χ0n) is 22.0. The molecule has 39 heavy (non-hydrogen) atoms. The van der Waals surface area contributed by atoms with E-state index in [1.54, 1.807) is 12.1 Å². The average molecular weight is 574 g/mol. The Morgan fingerprint density at radius 2 is 1.59 bits per heavy atom. The maximum Gasteiger partial charge on any atom is 0.243 e. The summed E-state index contributed by atoms with van der Waals surface area (Å²) in [6.07, 6.45) is 1.88. The molecule has 3 aromatic rings. The third-order valence-electron chi connectivity index (χ3n) is 6.25. The fourth-order valence-corrected chi connectivity index (χ4v) is 5.25. The van der Waals surface area contributed by atoms with Crippen LogP contribution in [0.2, 0.25) is 5.02 Å². The molecule has 2 amide bonds. The van der Waals surface area contributed by atoms with E-state index in [2.05, 4.69) is 5.32 Å². The smallest absolute Gasteiger partial charge is 0.243 e. The monoisotopic (exact) mass is 573 g/mol. The number of halogens is 2. The Morgan fingerprint density at radius 1 is 0.949 bits per heavy atom. The predicted molar refractivity (Wildman–Crippen MR) is 150 cm³/mol. The lowest BCUT2D eigenvalue weighted by atomic mass is 10.0. The topological polar surface area (TPSA) is 86.8 Å². The fraction of sp³-hybridized carbons (Fsp3) is 0.310. The van der Waals surface area contributed by atoms with Crippen LogP contribution in [0, 0.1) is 5.82 Å². The van der Waals surface area contributed by atoms with Gasteiger partial charge in [-0.1, -0.05) is 67.4 Å². The van der Waals surface area contributed by atoms with Gasteiger partial charge in [-0.15, -0.1) is 0 Å². The van der Waals surface area contributed by atoms with Gasteiger partial charge in [-0.2, -0.15) is 4.31 Å². The first kappa shape index (κ1) is 30.3. The van der Waals surface area contributed by atoms with Crippen molar-refractivity contribution < 1.29 is 22.4 Å². The van der Waals surface area contributed by atoms with E-state index < -0.39 is 34.3 Å². The molecule has 0 spiro atoms. The fourth-order valence-electron chi connectivity index (χ4n) is 4.00. The molecule has 0 aliphatic rings. The number of nitrogens with zero attached hydrogens (tertiary/aromatic N) is 2. The van der Waals surface area contributed by atoms with Gasteiger partial charge < -0.3 is 10.2 Å². The molecule has 0 radical (unpaired) electrons. The lowest BCUT2D eigenvalue weighted by Crippen LogP contribution is -2.53. The second-order valence-electron chi connectivity index (χ2n) is 9.21. The molecule has 0 aromatic heterocycles. The minimum Gasteiger partial charge on any atom is -0.354 e. The molecule has 0 saturated heterocycles. The number of amides is 2. The molecule has 3 aromatic carbocycles. The van der Waals surface area contributed by atoms with Crippen molar-refractivity contribution in [2.45, 2.75) is 43.7 Å². The molecule has 208 valence electrons. The summed E-state index contributed by atoms with van der Waals surface area (Å²) in [5.74, 6) is -1.33. The van der Waals surface area contributed by atoms with E-state index in [1.165, 1.54) is 48.3 Å². The number of hydrogen-bond donors (Lipinski definition) is 1. The Hall–Kier alpha value is -3.27. The maximum atomic E-state index is 13.8. The van der Waals surface area contributed by atoms with E-state index in [9.17, 15) is 22.4 Å². The molecule has 0 bridgehead atoms. The number of sulfonamides is 1. The molecule has 0 fully saturated rings. The largest absolute Gasteiger partial charge is 0.354 e. The van der Waals surface area contributed by atoms with Gasteiger partial charge in [0.2, 0.25) is 21.8 Å². The zero-order chi connectivity index (χ0) is 28.4. The molecule has 0 heterocycles. The van der Waals surface area contributed by atoms with Crippen molar-refractivity contribution in [1.29, 1.82) is 0 Å². The zero-order valence-corrected chi connectivity index (χ0v) is 23.6. The number of likely N-dealkylation sites (N-methyl/N-ethyl adjacent to an activating group) is 1. The van der Waals surface area contributed by atoms with Crippen LogP contribution in [0.5, 0.6) is 0 Å². The van der Waals surface area contributed by atoms with E-state index >= 15 is 0 Å². The van der Waals surface area contributed by atoms with E-state index in [1.807, 2.05) is 37.3 Å². The minimum absolute atomic E-state index is 0.00730. The van der Waals surface area contributed by atoms with Gasteiger partial charge in [-0.25, -0.2) is 12.8 Å². The van der Waals surface area contributed by atoms with Gasteiger partial charge >= 0.3 is 0 Å². The molecule has 3 rings (SSSR count). The number of carbonyl (C=O) groups excluding carboxylic acids is 2. The van der Waals surface area contributed by atoms with Crippen LogP contribution in [0.1, 0.15) is 30.9 Å². The number of unbranched alkanes of at least 4 members (excludes halogenated alkanes) is 1. The average Bonchev–Trinajstić information content (AvgIpc) is 2.92. The molecule has 0 saturated carbocycles. The summed E-state index contributed by atoms with van der Waals surface area (Å²) in [6, 6.07) is 19.7. The summed E-state index contributed by atoms with van der Waals surface area (Å²) in [5.41, 5.74) is 1.44. The Morgan fingerprint density at radius 3 is 2.21 bits per heavy atom. The summed E-state index contributed by atoms with van der Waals surface area (Å²) >= 11 is 5.90. The highest BCUT2D eigenvalue weighted by Crippen LogP contribution is 2.20. The summed E-state index contributed by atoms with van der Waals surface area (Å²) in [7, 11) is -2.70. The molecule has 10 heteroatoms. The van der Waals surface area contributed by atoms with Gasteiger partial charge in [0.15, 0.2) is 0 Å². The highest BCUT2D eigenvalue weighted by molar-refractivity contribution is 7.89. The van der Waals surface area contributed by atoms with Crippen LogP contribution in [-0.2, 0) is 32.6 Å². The first-order valence-electron chi connectivity index (χ1n) is 12.7. The lowest BCUT2D eigenvalue weighted by Gasteiger charge is -2.32. The number of nitrogens with one attached hydrogen (secondary N) is 1. The molecule has 0 aliphatic heterocycles. The molecular weight excluding hydrogens is 541 g/mol. The molecule has 0 aliphatic carbocycles. The first-order valence-corrected chi connectivity index (χ1v) is 14.5. The van der Waals surface area contributed by atoms with Gasteiger partial charge in [-0.3, -0.25) is 9.59 Å². The lowest BCUT2D eigenvalue weighted by molar-refractivity contribution is -0.141. The summed E-state index contributed by atoms with van der Waals surface area (Å²) in [4.78, 5) is 28.6. The summed E-state index contributed by atoms with van der Waals surface area (Å²) in [5, 5.41) is 3.30. The van der Waals surface area contributed by atoms with Gasteiger partial charge in [0.25, 0.3) is 0 Å². The SMILES string of the molecule is CCCCNC(=O)[C@H](Cc1ccccc1)N(Cc1ccc(F)cc1)C(=O)CN(C)S(=O)(=O)c1ccc(Cl)cc1. The highest BCUT2D eigenvalue weighted by Gasteiger charge is 2.33. The van der Waals surface area contributed by atoms with Gasteiger partial charge in [-0.05, 0) is 53.9 Å². The second kappa shape index (κ2) is 14.2. The third-order valence-corrected chi connectivity index (χ3v) is 8.32. The van der Waals surface area contributed by atoms with Gasteiger partial charge in [0.1, 0.15) is 11.9 Å². The highest BCUT2D eigenvalue weighted by atomic mass is 35.5. The first-order chi connectivity index (χ1) is 18.6. The van der Waals surface area contributed by atoms with Crippen molar-refractivity contribution in [3.05, 3.63) is 101 Å². The van der Waals surface area contributed by atoms with Crippen molar-refractivity contribution in [2.75, 3.05) is 20.1 Å². The van der Waals surface area contributed by atoms with Gasteiger partial charge in [0, 0.05) is 31.6 Å². The van der Waals surface area contributed by atoms with Crippen LogP contribution < -0.4 is 5.32 Å². The van der Waals surface area contributed by atoms with Crippen LogP contribution in [0.4, 0.5) is 4.39 Å². The van der Waals surface area contributed by atoms with Crippen molar-refractivity contribution in [3.63, 3.8) is 0 Å². The third kappa shape index (κ3) is 8.61. The Kier molecular flexibility index (Phi) is 11.0. The number of rotatable bonds is 13. The van der Waals surface area contributed by atoms with Crippen molar-refractivity contribution in [3.8, 4) is 0 Å². The number of hydrogen-bond acceptors (Lipinski definition) is 4. The number of benzene rings is 3. The molecular formula is C29H33ClFN3O4S. The van der Waals surface area contributed by atoms with Crippen molar-refractivity contribution >= 4 is 33.4 Å². The Bertz CT molecular complexity index is 1340. The Balaban J connectivity index is 1.94. The normalized spacial score (nSPS) is 12.2. The standard InChI is InChI=1S/C29H33ClFN3O4S/c1-3-4-18-32-29(36)27(19-22-8-6-5-7-9-22)34(20-23-10-14-25(31)15-11-23)28(35)21-33(2)39(37,38)26-16-12-24(30)13-17-26/h5-17,27H,3-4,18-21H2,1-2H3,(H,32,36)/t27-/m0/s1. The second-order valence-corrected chi connectivity index (χ2v) is 11.7. The minimum atomic E-state index is -4.01. The van der Waals surface area contributed by atoms with Crippen molar-refractivity contribution in [1.82, 2.24) is 14.5 Å². The van der Waals surface area contributed by atoms with Crippen LogP contribution in [-0.4, -0.2) is 55.6 Å². The van der Waals surface area contributed by atoms with Crippen molar-refractivity contribution in [2.24, 2.45) is 0 Å². The quantitative estimate of drug-likeness (QED) is 0.301. The summed E-state index contributed by atoms with van der Waals surface area (Å²) < 4.78 is 40.9. The molecule has 1 atom stereocenters. The number of carbonyl (C=O) groups is 2. The molecule has 0 unspecified atom stereocenters. The van der Waals surface area contributed by atoms with Gasteiger partial charge in [0.05, 0.1) is 11.4 Å². The molecule has 7 nitrogen and oxygen atoms in total. The van der Waals surface area contributed by atoms with Crippen LogP contribution in [0.15, 0.2) is 83.8 Å². The van der Waals surface area contributed by atoms with E-state index in [-0.39, 0.29) is 23.8 Å². The van der Waals surface area contributed by atoms with Crippen LogP contribution in [0.25, 0.3) is 0 Å².